The molecule has 16 heavy (non-hydrogen) atoms. The molecule has 92 valence electrons. The summed E-state index contributed by atoms with van der Waals surface area (Å²) >= 11 is 1.85. The first-order valence-electron chi connectivity index (χ1n) is 6.61. The second-order valence-electron chi connectivity index (χ2n) is 4.72. The van der Waals surface area contributed by atoms with Gasteiger partial charge in [0.15, 0.2) is 0 Å². The van der Waals surface area contributed by atoms with Crippen molar-refractivity contribution in [2.24, 2.45) is 5.92 Å². The summed E-state index contributed by atoms with van der Waals surface area (Å²) in [6, 6.07) is 0.777. The van der Waals surface area contributed by atoms with Gasteiger partial charge in [0.05, 0.1) is 5.75 Å². The first-order valence-corrected chi connectivity index (χ1v) is 7.76. The first-order chi connectivity index (χ1) is 7.86. The Bertz CT molecular complexity index is 201. The molecular weight excluding hydrogens is 214 g/mol. The van der Waals surface area contributed by atoms with Crippen molar-refractivity contribution < 1.29 is 0 Å². The van der Waals surface area contributed by atoms with E-state index in [0.29, 0.717) is 0 Å². The minimum Gasteiger partial charge on any atom is -0.313 e. The van der Waals surface area contributed by atoms with Crippen LogP contribution in [0.2, 0.25) is 0 Å². The molecular formula is C14H25NS. The highest BCUT2D eigenvalue weighted by Crippen LogP contribution is 2.27. The van der Waals surface area contributed by atoms with Crippen molar-refractivity contribution in [3.63, 3.8) is 0 Å². The molecule has 1 saturated carbocycles. The molecule has 0 spiro atoms. The van der Waals surface area contributed by atoms with Crippen molar-refractivity contribution in [1.82, 2.24) is 5.32 Å². The fourth-order valence-electron chi connectivity index (χ4n) is 2.53. The van der Waals surface area contributed by atoms with Gasteiger partial charge in [-0.2, -0.15) is 0 Å². The summed E-state index contributed by atoms with van der Waals surface area (Å²) < 4.78 is 0. The van der Waals surface area contributed by atoms with Gasteiger partial charge < -0.3 is 5.32 Å². The highest BCUT2D eigenvalue weighted by atomic mass is 32.2. The third kappa shape index (κ3) is 5.82. The molecule has 0 aromatic heterocycles. The van der Waals surface area contributed by atoms with Gasteiger partial charge in [-0.25, -0.2) is 0 Å². The van der Waals surface area contributed by atoms with Gasteiger partial charge in [0.1, 0.15) is 0 Å². The molecule has 0 saturated heterocycles. The molecule has 1 N–H and O–H groups in total. The predicted molar refractivity (Wildman–Crippen MR) is 74.8 cm³/mol. The quantitative estimate of drug-likeness (QED) is 0.540. The monoisotopic (exact) mass is 239 g/mol. The molecule has 0 unspecified atom stereocenters. The van der Waals surface area contributed by atoms with Gasteiger partial charge >= 0.3 is 0 Å². The Balaban J connectivity index is 1.98. The van der Waals surface area contributed by atoms with Crippen LogP contribution in [0, 0.1) is 18.3 Å². The first kappa shape index (κ1) is 13.9. The highest BCUT2D eigenvalue weighted by Gasteiger charge is 2.19. The average molecular weight is 239 g/mol. The lowest BCUT2D eigenvalue weighted by molar-refractivity contribution is 0.281. The van der Waals surface area contributed by atoms with Gasteiger partial charge in [0.2, 0.25) is 0 Å². The predicted octanol–water partition coefficient (Wildman–Crippen LogP) is 3.30. The maximum atomic E-state index is 5.21. The van der Waals surface area contributed by atoms with E-state index in [2.05, 4.69) is 18.2 Å². The Morgan fingerprint density at radius 3 is 2.69 bits per heavy atom. The van der Waals surface area contributed by atoms with Crippen LogP contribution in [0.1, 0.15) is 45.4 Å². The van der Waals surface area contributed by atoms with Crippen molar-refractivity contribution >= 4 is 11.8 Å². The third-order valence-corrected chi connectivity index (χ3v) is 4.27. The lowest BCUT2D eigenvalue weighted by atomic mass is 9.83. The number of rotatable bonds is 7. The standard InChI is InChI=1S/C14H25NS/c1-3-5-13-6-8-14(9-7-13)15-10-12-16-11-4-2/h2,13-15H,3,5-12H2,1H3. The van der Waals surface area contributed by atoms with Crippen molar-refractivity contribution in [3.05, 3.63) is 0 Å². The minimum absolute atomic E-state index is 0.777. The van der Waals surface area contributed by atoms with Crippen molar-refractivity contribution in [2.45, 2.75) is 51.5 Å². The summed E-state index contributed by atoms with van der Waals surface area (Å²) in [5.41, 5.74) is 0. The summed E-state index contributed by atoms with van der Waals surface area (Å²) in [4.78, 5) is 0. The maximum Gasteiger partial charge on any atom is 0.0545 e. The van der Waals surface area contributed by atoms with Crippen LogP contribution in [0.4, 0.5) is 0 Å². The molecule has 0 amide bonds. The molecule has 0 aliphatic heterocycles. The van der Waals surface area contributed by atoms with Crippen LogP contribution in [0.5, 0.6) is 0 Å². The topological polar surface area (TPSA) is 12.0 Å². The lowest BCUT2D eigenvalue weighted by Crippen LogP contribution is -2.34. The molecule has 0 radical (unpaired) electrons. The van der Waals surface area contributed by atoms with E-state index in [4.69, 9.17) is 6.42 Å². The second kappa shape index (κ2) is 8.96. The summed E-state index contributed by atoms with van der Waals surface area (Å²) in [7, 11) is 0. The van der Waals surface area contributed by atoms with E-state index in [0.717, 1.165) is 30.0 Å². The molecule has 1 fully saturated rings. The van der Waals surface area contributed by atoms with E-state index < -0.39 is 0 Å². The van der Waals surface area contributed by atoms with Gasteiger partial charge in [-0.15, -0.1) is 18.2 Å². The van der Waals surface area contributed by atoms with Crippen LogP contribution in [0.15, 0.2) is 0 Å². The van der Waals surface area contributed by atoms with Gasteiger partial charge in [-0.3, -0.25) is 0 Å². The van der Waals surface area contributed by atoms with Crippen molar-refractivity contribution in [3.8, 4) is 12.3 Å². The van der Waals surface area contributed by atoms with E-state index >= 15 is 0 Å². The number of thioether (sulfide) groups is 1. The Hall–Kier alpha value is -0.130. The molecule has 0 bridgehead atoms. The van der Waals surface area contributed by atoms with Crippen LogP contribution in [0.25, 0.3) is 0 Å². The van der Waals surface area contributed by atoms with Crippen molar-refractivity contribution in [1.29, 1.82) is 0 Å². The molecule has 1 nitrogen and oxygen atoms in total. The number of nitrogens with one attached hydrogen (secondary N) is 1. The number of terminal acetylenes is 1. The van der Waals surface area contributed by atoms with E-state index in [1.807, 2.05) is 11.8 Å². The van der Waals surface area contributed by atoms with E-state index in [1.54, 1.807) is 0 Å². The lowest BCUT2D eigenvalue weighted by Gasteiger charge is -2.29. The van der Waals surface area contributed by atoms with Crippen LogP contribution in [0.3, 0.4) is 0 Å². The Labute approximate surface area is 105 Å². The molecule has 0 aromatic rings. The van der Waals surface area contributed by atoms with Gasteiger partial charge in [0, 0.05) is 18.3 Å². The summed E-state index contributed by atoms with van der Waals surface area (Å²) in [6.45, 7) is 3.42. The number of hydrogen-bond acceptors (Lipinski definition) is 2. The zero-order valence-electron chi connectivity index (χ0n) is 10.5. The largest absolute Gasteiger partial charge is 0.313 e. The molecule has 1 aliphatic rings. The smallest absolute Gasteiger partial charge is 0.0545 e. The molecule has 2 heteroatoms. The zero-order chi connectivity index (χ0) is 11.6. The fourth-order valence-corrected chi connectivity index (χ4v) is 3.05. The van der Waals surface area contributed by atoms with Crippen LogP contribution in [-0.2, 0) is 0 Å². The summed E-state index contributed by atoms with van der Waals surface area (Å²) in [6.07, 6.45) is 13.6. The molecule has 0 atom stereocenters. The molecule has 0 heterocycles. The van der Waals surface area contributed by atoms with Crippen molar-refractivity contribution in [2.75, 3.05) is 18.1 Å². The molecule has 1 aliphatic carbocycles. The Morgan fingerprint density at radius 2 is 2.06 bits per heavy atom. The second-order valence-corrected chi connectivity index (χ2v) is 5.82. The minimum atomic E-state index is 0.777. The Morgan fingerprint density at radius 1 is 1.31 bits per heavy atom. The molecule has 0 aromatic carbocycles. The van der Waals surface area contributed by atoms with Crippen LogP contribution in [-0.4, -0.2) is 24.1 Å². The number of hydrogen-bond donors (Lipinski definition) is 1. The summed E-state index contributed by atoms with van der Waals surface area (Å²) in [5.74, 6) is 5.68. The van der Waals surface area contributed by atoms with Crippen LogP contribution < -0.4 is 5.32 Å². The highest BCUT2D eigenvalue weighted by molar-refractivity contribution is 7.99. The van der Waals surface area contributed by atoms with Crippen LogP contribution >= 0.6 is 11.8 Å². The normalized spacial score (nSPS) is 25.2. The van der Waals surface area contributed by atoms with Gasteiger partial charge in [0.25, 0.3) is 0 Å². The van der Waals surface area contributed by atoms with E-state index in [1.165, 1.54) is 38.5 Å². The Kier molecular flexibility index (Phi) is 7.80. The SMILES string of the molecule is C#CCSCCNC1CCC(CCC)CC1. The van der Waals surface area contributed by atoms with E-state index in [-0.39, 0.29) is 0 Å². The van der Waals surface area contributed by atoms with Gasteiger partial charge in [-0.1, -0.05) is 25.7 Å². The fraction of sp³-hybridized carbons (Fsp3) is 0.857. The summed E-state index contributed by atoms with van der Waals surface area (Å²) in [5, 5.41) is 3.65. The third-order valence-electron chi connectivity index (χ3n) is 3.41. The molecule has 1 rings (SSSR count). The maximum absolute atomic E-state index is 5.21. The zero-order valence-corrected chi connectivity index (χ0v) is 11.3. The average Bonchev–Trinajstić information content (AvgIpc) is 2.31. The van der Waals surface area contributed by atoms with Gasteiger partial charge in [-0.05, 0) is 31.6 Å². The van der Waals surface area contributed by atoms with E-state index in [9.17, 15) is 0 Å².